The Bertz CT molecular complexity index is 974. The molecule has 1 fully saturated rings. The molecule has 1 saturated heterocycles. The van der Waals surface area contributed by atoms with Crippen LogP contribution in [-0.4, -0.2) is 42.9 Å². The Balaban J connectivity index is 1.40. The van der Waals surface area contributed by atoms with Crippen molar-refractivity contribution in [2.45, 2.75) is 37.5 Å². The zero-order chi connectivity index (χ0) is 21.3. The largest absolute Gasteiger partial charge is 0.372 e. The van der Waals surface area contributed by atoms with Gasteiger partial charge in [-0.25, -0.2) is 4.39 Å². The van der Waals surface area contributed by atoms with Crippen molar-refractivity contribution in [1.82, 2.24) is 5.32 Å². The number of nitrogens with one attached hydrogen (secondary N) is 2. The average Bonchev–Trinajstić information content (AvgIpc) is 2.70. The number of anilines is 2. The maximum Gasteiger partial charge on any atom is 0.251 e. The summed E-state index contributed by atoms with van der Waals surface area (Å²) in [6, 6.07) is 10.3. The van der Waals surface area contributed by atoms with Crippen LogP contribution in [0.15, 0.2) is 41.3 Å². The summed E-state index contributed by atoms with van der Waals surface area (Å²) in [5.74, 6) is -0.285. The van der Waals surface area contributed by atoms with Crippen molar-refractivity contribution in [3.8, 4) is 0 Å². The molecule has 2 N–H and O–H groups in total. The van der Waals surface area contributed by atoms with Crippen molar-refractivity contribution < 1.29 is 18.7 Å². The third-order valence-electron chi connectivity index (χ3n) is 5.10. The van der Waals surface area contributed by atoms with Crippen LogP contribution in [-0.2, 0) is 16.1 Å². The minimum Gasteiger partial charge on any atom is -0.372 e. The Morgan fingerprint density at radius 2 is 2.00 bits per heavy atom. The molecule has 0 bridgehead atoms. The molecule has 0 aliphatic carbocycles. The van der Waals surface area contributed by atoms with Gasteiger partial charge in [-0.2, -0.15) is 0 Å². The van der Waals surface area contributed by atoms with E-state index in [0.29, 0.717) is 41.3 Å². The predicted molar refractivity (Wildman–Crippen MR) is 116 cm³/mol. The molecule has 2 aromatic carbocycles. The van der Waals surface area contributed by atoms with Gasteiger partial charge >= 0.3 is 0 Å². The summed E-state index contributed by atoms with van der Waals surface area (Å²) in [6.45, 7) is 5.46. The van der Waals surface area contributed by atoms with Crippen molar-refractivity contribution in [3.63, 3.8) is 0 Å². The number of amides is 2. The quantitative estimate of drug-likeness (QED) is 0.780. The van der Waals surface area contributed by atoms with Gasteiger partial charge in [0.15, 0.2) is 0 Å². The normalized spacial score (nSPS) is 21.0. The number of ether oxygens (including phenoxy) is 1. The molecule has 0 aromatic heterocycles. The van der Waals surface area contributed by atoms with Gasteiger partial charge in [-0.05, 0) is 49.7 Å². The summed E-state index contributed by atoms with van der Waals surface area (Å²) in [7, 11) is 0. The first-order chi connectivity index (χ1) is 14.4. The van der Waals surface area contributed by atoms with Gasteiger partial charge in [-0.3, -0.25) is 9.59 Å². The lowest BCUT2D eigenvalue weighted by Crippen LogP contribution is -2.45. The molecule has 2 aliphatic rings. The number of rotatable bonds is 4. The highest BCUT2D eigenvalue weighted by Gasteiger charge is 2.24. The lowest BCUT2D eigenvalue weighted by Gasteiger charge is -2.37. The number of carbonyl (C=O) groups is 2. The van der Waals surface area contributed by atoms with Crippen LogP contribution in [0.2, 0.25) is 0 Å². The third kappa shape index (κ3) is 4.60. The van der Waals surface area contributed by atoms with E-state index in [1.807, 2.05) is 30.9 Å². The van der Waals surface area contributed by atoms with E-state index in [9.17, 15) is 14.0 Å². The number of hydrogen-bond donors (Lipinski definition) is 2. The average molecular weight is 430 g/mol. The molecule has 2 atom stereocenters. The van der Waals surface area contributed by atoms with Crippen molar-refractivity contribution in [2.24, 2.45) is 0 Å². The molecule has 30 heavy (non-hydrogen) atoms. The first-order valence-corrected chi connectivity index (χ1v) is 10.9. The minimum absolute atomic E-state index is 0.0481. The molecule has 2 amide bonds. The number of morpholine rings is 1. The molecule has 2 aliphatic heterocycles. The van der Waals surface area contributed by atoms with E-state index in [1.54, 1.807) is 18.2 Å². The Hall–Kier alpha value is -2.58. The fourth-order valence-corrected chi connectivity index (χ4v) is 4.59. The zero-order valence-corrected chi connectivity index (χ0v) is 17.7. The van der Waals surface area contributed by atoms with E-state index in [1.165, 1.54) is 17.8 Å². The van der Waals surface area contributed by atoms with E-state index < -0.39 is 0 Å². The standard InChI is InChI=1S/C22H24FN3O3S/c1-13-10-26(11-14(2)29-13)19-5-3-15(7-17(19)23)9-24-22(28)16-4-6-20-18(8-16)25-21(27)12-30-20/h3-8,13-14H,9-12H2,1-2H3,(H,24,28)(H,25,27). The van der Waals surface area contributed by atoms with Crippen molar-refractivity contribution in [3.05, 3.63) is 53.3 Å². The number of benzene rings is 2. The van der Waals surface area contributed by atoms with Crippen LogP contribution in [0, 0.1) is 5.82 Å². The van der Waals surface area contributed by atoms with Crippen LogP contribution in [0.1, 0.15) is 29.8 Å². The summed E-state index contributed by atoms with van der Waals surface area (Å²) in [4.78, 5) is 27.0. The molecule has 158 valence electrons. The van der Waals surface area contributed by atoms with E-state index in [4.69, 9.17) is 4.74 Å². The van der Waals surface area contributed by atoms with Crippen LogP contribution >= 0.6 is 11.8 Å². The van der Waals surface area contributed by atoms with Gasteiger partial charge in [0.2, 0.25) is 5.91 Å². The van der Waals surface area contributed by atoms with Gasteiger partial charge in [0, 0.05) is 30.1 Å². The molecule has 2 heterocycles. The maximum atomic E-state index is 14.7. The van der Waals surface area contributed by atoms with Crippen LogP contribution in [0.3, 0.4) is 0 Å². The predicted octanol–water partition coefficient (Wildman–Crippen LogP) is 3.41. The van der Waals surface area contributed by atoms with E-state index in [2.05, 4.69) is 10.6 Å². The van der Waals surface area contributed by atoms with Gasteiger partial charge in [-0.1, -0.05) is 6.07 Å². The summed E-state index contributed by atoms with van der Waals surface area (Å²) < 4.78 is 20.4. The van der Waals surface area contributed by atoms with Crippen molar-refractivity contribution >= 4 is 35.0 Å². The number of halogens is 1. The lowest BCUT2D eigenvalue weighted by molar-refractivity contribution is -0.113. The third-order valence-corrected chi connectivity index (χ3v) is 6.17. The SMILES string of the molecule is CC1CN(c2ccc(CNC(=O)c3ccc4c(c3)NC(=O)CS4)cc2F)CC(C)O1. The monoisotopic (exact) mass is 429 g/mol. The van der Waals surface area contributed by atoms with E-state index >= 15 is 0 Å². The van der Waals surface area contributed by atoms with Crippen LogP contribution in [0.5, 0.6) is 0 Å². The molecule has 6 nitrogen and oxygen atoms in total. The summed E-state index contributed by atoms with van der Waals surface area (Å²) in [5, 5.41) is 5.59. The molecule has 0 saturated carbocycles. The molecule has 4 rings (SSSR count). The van der Waals surface area contributed by atoms with Gasteiger partial charge in [0.25, 0.3) is 5.91 Å². The first kappa shape index (κ1) is 20.7. The summed E-state index contributed by atoms with van der Waals surface area (Å²) in [5.41, 5.74) is 2.33. The molecule has 2 unspecified atom stereocenters. The number of carbonyl (C=O) groups excluding carboxylic acids is 2. The molecule has 8 heteroatoms. The van der Waals surface area contributed by atoms with Crippen LogP contribution < -0.4 is 15.5 Å². The van der Waals surface area contributed by atoms with Gasteiger partial charge in [0.1, 0.15) is 5.82 Å². The van der Waals surface area contributed by atoms with Gasteiger partial charge in [-0.15, -0.1) is 11.8 Å². The number of thioether (sulfide) groups is 1. The number of fused-ring (bicyclic) bond motifs is 1. The molecule has 2 aromatic rings. The lowest BCUT2D eigenvalue weighted by atomic mass is 10.1. The zero-order valence-electron chi connectivity index (χ0n) is 16.9. The second kappa shape index (κ2) is 8.65. The fourth-order valence-electron chi connectivity index (χ4n) is 3.80. The first-order valence-electron chi connectivity index (χ1n) is 9.93. The fraction of sp³-hybridized carbons (Fsp3) is 0.364. The van der Waals surface area contributed by atoms with Crippen LogP contribution in [0.4, 0.5) is 15.8 Å². The smallest absolute Gasteiger partial charge is 0.251 e. The Morgan fingerprint density at radius 3 is 2.73 bits per heavy atom. The molecule has 0 spiro atoms. The second-order valence-corrected chi connectivity index (χ2v) is 8.70. The highest BCUT2D eigenvalue weighted by molar-refractivity contribution is 8.00. The second-order valence-electron chi connectivity index (χ2n) is 7.68. The Kier molecular flexibility index (Phi) is 5.97. The number of nitrogens with zero attached hydrogens (tertiary/aromatic N) is 1. The number of hydrogen-bond acceptors (Lipinski definition) is 5. The van der Waals surface area contributed by atoms with Crippen molar-refractivity contribution in [1.29, 1.82) is 0 Å². The Morgan fingerprint density at radius 1 is 1.23 bits per heavy atom. The summed E-state index contributed by atoms with van der Waals surface area (Å²) >= 11 is 1.44. The highest BCUT2D eigenvalue weighted by Crippen LogP contribution is 2.32. The molecular formula is C22H24FN3O3S. The molecule has 0 radical (unpaired) electrons. The van der Waals surface area contributed by atoms with E-state index in [0.717, 1.165) is 4.90 Å². The minimum atomic E-state index is -0.309. The van der Waals surface area contributed by atoms with Gasteiger partial charge in [0.05, 0.1) is 29.3 Å². The molecular weight excluding hydrogens is 405 g/mol. The maximum absolute atomic E-state index is 14.7. The Labute approximate surface area is 179 Å². The van der Waals surface area contributed by atoms with Crippen LogP contribution in [0.25, 0.3) is 0 Å². The highest BCUT2D eigenvalue weighted by atomic mass is 32.2. The summed E-state index contributed by atoms with van der Waals surface area (Å²) in [6.07, 6.45) is 0.0961. The van der Waals surface area contributed by atoms with Gasteiger partial charge < -0.3 is 20.3 Å². The van der Waals surface area contributed by atoms with Crippen molar-refractivity contribution in [2.75, 3.05) is 29.1 Å². The topological polar surface area (TPSA) is 70.7 Å². The van der Waals surface area contributed by atoms with E-state index in [-0.39, 0.29) is 36.4 Å².